The highest BCUT2D eigenvalue weighted by molar-refractivity contribution is 6.01. The Kier molecular flexibility index (Phi) is 10.5. The summed E-state index contributed by atoms with van der Waals surface area (Å²) in [6.07, 6.45) is 2.28. The third kappa shape index (κ3) is 7.37. The second-order valence-electron chi connectivity index (χ2n) is 12.4. The lowest BCUT2D eigenvalue weighted by atomic mass is 9.93. The van der Waals surface area contributed by atoms with Gasteiger partial charge in [-0.1, -0.05) is 92.7 Å². The van der Waals surface area contributed by atoms with E-state index < -0.39 is 0 Å². The Bertz CT molecular complexity index is 1570. The fourth-order valence-electron chi connectivity index (χ4n) is 6.67. The van der Waals surface area contributed by atoms with Gasteiger partial charge in [0, 0.05) is 44.3 Å². The smallest absolute Gasteiger partial charge is 0.251 e. The van der Waals surface area contributed by atoms with Crippen molar-refractivity contribution in [1.29, 1.82) is 0 Å². The van der Waals surface area contributed by atoms with Crippen molar-refractivity contribution in [3.05, 3.63) is 108 Å². The number of amides is 2. The molecule has 6 heteroatoms. The first-order valence-electron chi connectivity index (χ1n) is 16.0. The van der Waals surface area contributed by atoms with Crippen molar-refractivity contribution in [2.45, 2.75) is 52.1 Å². The minimum absolute atomic E-state index is 0.127. The molecule has 6 nitrogen and oxygen atoms in total. The number of nitrogens with two attached hydrogens (primary N) is 1. The largest absolute Gasteiger partial charge is 0.351 e. The van der Waals surface area contributed by atoms with E-state index in [0.29, 0.717) is 31.0 Å². The molecule has 0 radical (unpaired) electrons. The van der Waals surface area contributed by atoms with Crippen LogP contribution in [0.2, 0.25) is 0 Å². The van der Waals surface area contributed by atoms with Gasteiger partial charge in [0.25, 0.3) is 5.91 Å². The van der Waals surface area contributed by atoms with Gasteiger partial charge in [-0.05, 0) is 70.8 Å². The maximum absolute atomic E-state index is 14.4. The summed E-state index contributed by atoms with van der Waals surface area (Å²) in [4.78, 5) is 32.0. The van der Waals surface area contributed by atoms with Gasteiger partial charge >= 0.3 is 0 Å². The van der Waals surface area contributed by atoms with E-state index in [0.717, 1.165) is 65.5 Å². The van der Waals surface area contributed by atoms with Crippen molar-refractivity contribution >= 4 is 22.6 Å². The van der Waals surface area contributed by atoms with Crippen molar-refractivity contribution in [2.75, 3.05) is 32.7 Å². The van der Waals surface area contributed by atoms with E-state index in [1.54, 1.807) is 0 Å². The molecule has 1 unspecified atom stereocenters. The summed E-state index contributed by atoms with van der Waals surface area (Å²) in [7, 11) is 0. The molecule has 2 amide bonds. The molecule has 1 aliphatic rings. The number of piperidine rings is 1. The number of nitrogens with one attached hydrogen (secondary N) is 1. The zero-order valence-electron chi connectivity index (χ0n) is 26.3. The summed E-state index contributed by atoms with van der Waals surface area (Å²) in [5.41, 5.74) is 10.2. The SMILES string of the molecule is CC(C)CN1CCC(N(C(=O)Cc2cccc3ccccc23)C(C)c2cccc(-c3ccccc3C(=O)NCCN)c2)CC1. The van der Waals surface area contributed by atoms with Crippen LogP contribution in [-0.4, -0.2) is 60.4 Å². The molecule has 0 aliphatic carbocycles. The topological polar surface area (TPSA) is 78.7 Å². The average molecular weight is 591 g/mol. The summed E-state index contributed by atoms with van der Waals surface area (Å²) in [5, 5.41) is 5.19. The molecule has 1 saturated heterocycles. The zero-order chi connectivity index (χ0) is 31.1. The van der Waals surface area contributed by atoms with Crippen LogP contribution in [0.4, 0.5) is 0 Å². The third-order valence-electron chi connectivity index (χ3n) is 8.78. The number of hydrogen-bond donors (Lipinski definition) is 2. The van der Waals surface area contributed by atoms with Crippen LogP contribution in [0.5, 0.6) is 0 Å². The molecule has 4 aromatic rings. The highest BCUT2D eigenvalue weighted by Gasteiger charge is 2.32. The molecule has 1 atom stereocenters. The van der Waals surface area contributed by atoms with Crippen LogP contribution in [0.3, 0.4) is 0 Å². The van der Waals surface area contributed by atoms with Crippen LogP contribution in [0.15, 0.2) is 91.0 Å². The normalized spacial score (nSPS) is 14.9. The first-order valence-corrected chi connectivity index (χ1v) is 16.0. The standard InChI is InChI=1S/C38H46N4O2/c1-27(2)26-41-22-18-33(19-23-41)42(37(43)25-32-14-8-11-29-10-4-5-15-34(29)32)28(3)30-12-9-13-31(24-30)35-16-6-7-17-36(35)38(44)40-21-20-39/h4-17,24,27-28,33H,18-23,25-26,39H2,1-3H3,(H,40,44). The molecule has 1 heterocycles. The molecule has 0 saturated carbocycles. The van der Waals surface area contributed by atoms with E-state index in [9.17, 15) is 9.59 Å². The van der Waals surface area contributed by atoms with Crippen LogP contribution >= 0.6 is 0 Å². The molecule has 5 rings (SSSR count). The Morgan fingerprint density at radius 1 is 0.909 bits per heavy atom. The Hall–Kier alpha value is -4.00. The second-order valence-corrected chi connectivity index (χ2v) is 12.4. The van der Waals surface area contributed by atoms with E-state index in [-0.39, 0.29) is 23.9 Å². The molecule has 0 bridgehead atoms. The number of likely N-dealkylation sites (tertiary alicyclic amines) is 1. The maximum Gasteiger partial charge on any atom is 0.251 e. The van der Waals surface area contributed by atoms with Gasteiger partial charge in [0.05, 0.1) is 12.5 Å². The fourth-order valence-corrected chi connectivity index (χ4v) is 6.67. The van der Waals surface area contributed by atoms with Crippen LogP contribution in [0.25, 0.3) is 21.9 Å². The first kappa shape index (κ1) is 31.4. The van der Waals surface area contributed by atoms with Gasteiger partial charge in [-0.15, -0.1) is 0 Å². The lowest BCUT2D eigenvalue weighted by Gasteiger charge is -2.42. The molecule has 3 N–H and O–H groups in total. The zero-order valence-corrected chi connectivity index (χ0v) is 26.3. The van der Waals surface area contributed by atoms with Gasteiger partial charge in [0.15, 0.2) is 0 Å². The van der Waals surface area contributed by atoms with Crippen molar-refractivity contribution in [1.82, 2.24) is 15.1 Å². The number of nitrogens with zero attached hydrogens (tertiary/aromatic N) is 2. The number of fused-ring (bicyclic) bond motifs is 1. The predicted octanol–water partition coefficient (Wildman–Crippen LogP) is 6.45. The van der Waals surface area contributed by atoms with Crippen molar-refractivity contribution < 1.29 is 9.59 Å². The van der Waals surface area contributed by atoms with Crippen molar-refractivity contribution in [2.24, 2.45) is 11.7 Å². The Morgan fingerprint density at radius 3 is 2.39 bits per heavy atom. The van der Waals surface area contributed by atoms with Gasteiger partial charge in [0.2, 0.25) is 5.91 Å². The number of carbonyl (C=O) groups is 2. The molecule has 4 aromatic carbocycles. The van der Waals surface area contributed by atoms with E-state index in [4.69, 9.17) is 5.73 Å². The quantitative estimate of drug-likeness (QED) is 0.211. The first-order chi connectivity index (χ1) is 21.4. The van der Waals surface area contributed by atoms with Crippen LogP contribution in [0, 0.1) is 5.92 Å². The molecule has 1 aliphatic heterocycles. The second kappa shape index (κ2) is 14.7. The van der Waals surface area contributed by atoms with Gasteiger partial charge in [0.1, 0.15) is 0 Å². The Balaban J connectivity index is 1.46. The summed E-state index contributed by atoms with van der Waals surface area (Å²) >= 11 is 0. The number of benzene rings is 4. The maximum atomic E-state index is 14.4. The molecule has 0 aromatic heterocycles. The molecule has 0 spiro atoms. The molecule has 1 fully saturated rings. The number of rotatable bonds is 11. The molecule has 230 valence electrons. The van der Waals surface area contributed by atoms with E-state index in [1.807, 2.05) is 54.6 Å². The molecular weight excluding hydrogens is 544 g/mol. The average Bonchev–Trinajstić information content (AvgIpc) is 3.04. The minimum Gasteiger partial charge on any atom is -0.351 e. The summed E-state index contributed by atoms with van der Waals surface area (Å²) < 4.78 is 0. The summed E-state index contributed by atoms with van der Waals surface area (Å²) in [6, 6.07) is 30.6. The summed E-state index contributed by atoms with van der Waals surface area (Å²) in [5.74, 6) is 0.644. The highest BCUT2D eigenvalue weighted by Crippen LogP contribution is 2.33. The third-order valence-corrected chi connectivity index (χ3v) is 8.78. The Labute approximate surface area is 262 Å². The number of hydrogen-bond acceptors (Lipinski definition) is 4. The van der Waals surface area contributed by atoms with Gasteiger partial charge in [-0.3, -0.25) is 9.59 Å². The van der Waals surface area contributed by atoms with Gasteiger partial charge in [-0.2, -0.15) is 0 Å². The van der Waals surface area contributed by atoms with Crippen LogP contribution < -0.4 is 11.1 Å². The predicted molar refractivity (Wildman–Crippen MR) is 180 cm³/mol. The van der Waals surface area contributed by atoms with E-state index in [1.165, 1.54) is 0 Å². The number of carbonyl (C=O) groups excluding carboxylic acids is 2. The Morgan fingerprint density at radius 2 is 1.61 bits per heavy atom. The molecule has 44 heavy (non-hydrogen) atoms. The van der Waals surface area contributed by atoms with Gasteiger partial charge in [-0.25, -0.2) is 0 Å². The summed E-state index contributed by atoms with van der Waals surface area (Å²) in [6.45, 7) is 10.6. The lowest BCUT2D eigenvalue weighted by Crippen LogP contribution is -2.49. The van der Waals surface area contributed by atoms with Crippen molar-refractivity contribution in [3.63, 3.8) is 0 Å². The van der Waals surface area contributed by atoms with E-state index >= 15 is 0 Å². The minimum atomic E-state index is -0.135. The van der Waals surface area contributed by atoms with Gasteiger partial charge < -0.3 is 20.9 Å². The van der Waals surface area contributed by atoms with Crippen LogP contribution in [-0.2, 0) is 11.2 Å². The van der Waals surface area contributed by atoms with Crippen LogP contribution in [0.1, 0.15) is 61.1 Å². The fraction of sp³-hybridized carbons (Fsp3) is 0.368. The molecular formula is C38H46N4O2. The monoisotopic (exact) mass is 590 g/mol. The van der Waals surface area contributed by atoms with E-state index in [2.05, 4.69) is 72.3 Å². The lowest BCUT2D eigenvalue weighted by molar-refractivity contribution is -0.136. The highest BCUT2D eigenvalue weighted by atomic mass is 16.2. The van der Waals surface area contributed by atoms with Crippen molar-refractivity contribution in [3.8, 4) is 11.1 Å².